The van der Waals surface area contributed by atoms with Gasteiger partial charge in [-0.1, -0.05) is 57.9 Å². The highest BCUT2D eigenvalue weighted by Crippen LogP contribution is 2.22. The number of carbonyl (C=O) groups is 2. The van der Waals surface area contributed by atoms with Crippen LogP contribution in [-0.2, 0) is 21.9 Å². The second kappa shape index (κ2) is 11.5. The third-order valence-electron chi connectivity index (χ3n) is 4.20. The summed E-state index contributed by atoms with van der Waals surface area (Å²) >= 11 is 11.1. The van der Waals surface area contributed by atoms with E-state index in [1.807, 2.05) is 55.5 Å². The van der Waals surface area contributed by atoms with Gasteiger partial charge in [-0.05, 0) is 43.2 Å². The number of nitrogens with one attached hydrogen (secondary N) is 1. The fraction of sp³-hybridized carbons (Fsp3) is 0.333. The summed E-state index contributed by atoms with van der Waals surface area (Å²) in [5.74, 6) is 0.701. The van der Waals surface area contributed by atoms with E-state index in [9.17, 15) is 9.59 Å². The molecular formula is C21H24BrClN2O2S. The van der Waals surface area contributed by atoms with Crippen molar-refractivity contribution in [3.63, 3.8) is 0 Å². The van der Waals surface area contributed by atoms with Gasteiger partial charge >= 0.3 is 0 Å². The van der Waals surface area contributed by atoms with Gasteiger partial charge in [-0.25, -0.2) is 0 Å². The molecule has 1 atom stereocenters. The molecule has 0 saturated heterocycles. The first kappa shape index (κ1) is 22.8. The number of benzene rings is 2. The van der Waals surface area contributed by atoms with Gasteiger partial charge in [-0.15, -0.1) is 11.8 Å². The molecule has 0 heterocycles. The van der Waals surface area contributed by atoms with E-state index in [0.29, 0.717) is 23.9 Å². The van der Waals surface area contributed by atoms with Crippen LogP contribution in [0.1, 0.15) is 25.0 Å². The minimum atomic E-state index is -0.549. The third-order valence-corrected chi connectivity index (χ3v) is 6.03. The molecule has 2 aromatic rings. The summed E-state index contributed by atoms with van der Waals surface area (Å²) in [4.78, 5) is 26.9. The van der Waals surface area contributed by atoms with E-state index in [0.717, 1.165) is 15.6 Å². The molecule has 2 amide bonds. The van der Waals surface area contributed by atoms with Gasteiger partial charge in [-0.3, -0.25) is 9.59 Å². The number of nitrogens with zero attached hydrogens (tertiary/aromatic N) is 1. The molecule has 0 spiro atoms. The van der Waals surface area contributed by atoms with Gasteiger partial charge in [-0.2, -0.15) is 0 Å². The minimum absolute atomic E-state index is 0.0733. The molecule has 0 fully saturated rings. The van der Waals surface area contributed by atoms with Gasteiger partial charge < -0.3 is 10.2 Å². The van der Waals surface area contributed by atoms with Crippen molar-refractivity contribution < 1.29 is 9.59 Å². The van der Waals surface area contributed by atoms with Crippen LogP contribution in [0.2, 0.25) is 5.02 Å². The van der Waals surface area contributed by atoms with Crippen LogP contribution in [0.4, 0.5) is 0 Å². The van der Waals surface area contributed by atoms with Crippen molar-refractivity contribution in [1.29, 1.82) is 0 Å². The first-order chi connectivity index (χ1) is 13.4. The zero-order valence-electron chi connectivity index (χ0n) is 16.0. The zero-order valence-corrected chi connectivity index (χ0v) is 19.1. The number of hydrogen-bond acceptors (Lipinski definition) is 3. The van der Waals surface area contributed by atoms with E-state index in [2.05, 4.69) is 21.2 Å². The Morgan fingerprint density at radius 2 is 1.96 bits per heavy atom. The van der Waals surface area contributed by atoms with Crippen molar-refractivity contribution in [1.82, 2.24) is 10.2 Å². The van der Waals surface area contributed by atoms with Gasteiger partial charge in [0.1, 0.15) is 6.04 Å². The maximum atomic E-state index is 12.9. The normalized spacial score (nSPS) is 11.7. The minimum Gasteiger partial charge on any atom is -0.355 e. The Balaban J connectivity index is 2.07. The standard InChI is InChI=1S/C21H24BrClN2O2S/c1-3-24-21(27)15(2)25(12-16-7-6-9-18(22)11-16)20(26)14-28-13-17-8-4-5-10-19(17)23/h4-11,15H,3,12-14H2,1-2H3,(H,24,27)/t15-/m1/s1. The van der Waals surface area contributed by atoms with Crippen molar-refractivity contribution >= 4 is 51.1 Å². The highest BCUT2D eigenvalue weighted by Gasteiger charge is 2.25. The van der Waals surface area contributed by atoms with E-state index in [1.54, 1.807) is 11.8 Å². The Kier molecular flexibility index (Phi) is 9.35. The maximum Gasteiger partial charge on any atom is 0.242 e. The van der Waals surface area contributed by atoms with Crippen LogP contribution in [0.5, 0.6) is 0 Å². The highest BCUT2D eigenvalue weighted by atomic mass is 79.9. The molecule has 0 aliphatic rings. The molecular weight excluding hydrogens is 460 g/mol. The van der Waals surface area contributed by atoms with Crippen molar-refractivity contribution in [2.45, 2.75) is 32.2 Å². The topological polar surface area (TPSA) is 49.4 Å². The molecule has 0 aromatic heterocycles. The molecule has 0 unspecified atom stereocenters. The molecule has 7 heteroatoms. The summed E-state index contributed by atoms with van der Waals surface area (Å²) in [7, 11) is 0. The SMILES string of the molecule is CCNC(=O)[C@@H](C)N(Cc1cccc(Br)c1)C(=O)CSCc1ccccc1Cl. The van der Waals surface area contributed by atoms with Crippen molar-refractivity contribution in [2.75, 3.05) is 12.3 Å². The van der Waals surface area contributed by atoms with E-state index < -0.39 is 6.04 Å². The van der Waals surface area contributed by atoms with Crippen LogP contribution in [0, 0.1) is 0 Å². The number of thioether (sulfide) groups is 1. The summed E-state index contributed by atoms with van der Waals surface area (Å²) in [6.07, 6.45) is 0. The fourth-order valence-electron chi connectivity index (χ4n) is 2.68. The van der Waals surface area contributed by atoms with E-state index >= 15 is 0 Å². The summed E-state index contributed by atoms with van der Waals surface area (Å²) in [5, 5.41) is 3.50. The van der Waals surface area contributed by atoms with Crippen molar-refractivity contribution in [3.05, 3.63) is 69.2 Å². The molecule has 4 nitrogen and oxygen atoms in total. The van der Waals surface area contributed by atoms with E-state index in [-0.39, 0.29) is 17.6 Å². The molecule has 150 valence electrons. The Morgan fingerprint density at radius 3 is 2.64 bits per heavy atom. The van der Waals surface area contributed by atoms with E-state index in [1.165, 1.54) is 11.8 Å². The van der Waals surface area contributed by atoms with Gasteiger partial charge in [0.25, 0.3) is 0 Å². The number of halogens is 2. The summed E-state index contributed by atoms with van der Waals surface area (Å²) in [6.45, 7) is 4.54. The summed E-state index contributed by atoms with van der Waals surface area (Å²) < 4.78 is 0.941. The first-order valence-electron chi connectivity index (χ1n) is 9.05. The highest BCUT2D eigenvalue weighted by molar-refractivity contribution is 9.10. The zero-order chi connectivity index (χ0) is 20.5. The molecule has 0 aliphatic carbocycles. The average molecular weight is 484 g/mol. The quantitative estimate of drug-likeness (QED) is 0.552. The van der Waals surface area contributed by atoms with Crippen LogP contribution in [0.25, 0.3) is 0 Å². The van der Waals surface area contributed by atoms with Gasteiger partial charge in [0.15, 0.2) is 0 Å². The lowest BCUT2D eigenvalue weighted by Gasteiger charge is -2.28. The van der Waals surface area contributed by atoms with Crippen LogP contribution in [-0.4, -0.2) is 35.1 Å². The number of rotatable bonds is 9. The van der Waals surface area contributed by atoms with Crippen molar-refractivity contribution in [3.8, 4) is 0 Å². The summed E-state index contributed by atoms with van der Waals surface area (Å²) in [5.41, 5.74) is 1.97. The average Bonchev–Trinajstić information content (AvgIpc) is 2.67. The lowest BCUT2D eigenvalue weighted by Crippen LogP contribution is -2.48. The third kappa shape index (κ3) is 6.83. The Hall–Kier alpha value is -1.50. The van der Waals surface area contributed by atoms with Crippen LogP contribution in [0.3, 0.4) is 0 Å². The van der Waals surface area contributed by atoms with Gasteiger partial charge in [0.2, 0.25) is 11.8 Å². The number of hydrogen-bond donors (Lipinski definition) is 1. The second-order valence-electron chi connectivity index (χ2n) is 6.31. The van der Waals surface area contributed by atoms with E-state index in [4.69, 9.17) is 11.6 Å². The lowest BCUT2D eigenvalue weighted by atomic mass is 10.1. The van der Waals surface area contributed by atoms with Crippen molar-refractivity contribution in [2.24, 2.45) is 0 Å². The molecule has 2 rings (SSSR count). The second-order valence-corrected chi connectivity index (χ2v) is 8.61. The number of likely N-dealkylation sites (N-methyl/N-ethyl adjacent to an activating group) is 1. The molecule has 1 N–H and O–H groups in total. The predicted octanol–water partition coefficient (Wildman–Crippen LogP) is 4.89. The lowest BCUT2D eigenvalue weighted by molar-refractivity contribution is -0.138. The van der Waals surface area contributed by atoms with Crippen LogP contribution < -0.4 is 5.32 Å². The predicted molar refractivity (Wildman–Crippen MR) is 120 cm³/mol. The molecule has 2 aromatic carbocycles. The smallest absolute Gasteiger partial charge is 0.242 e. The van der Waals surface area contributed by atoms with Gasteiger partial charge in [0.05, 0.1) is 5.75 Å². The largest absolute Gasteiger partial charge is 0.355 e. The molecule has 0 saturated carbocycles. The number of amides is 2. The Morgan fingerprint density at radius 1 is 1.21 bits per heavy atom. The van der Waals surface area contributed by atoms with Gasteiger partial charge in [0, 0.05) is 28.3 Å². The first-order valence-corrected chi connectivity index (χ1v) is 11.4. The van der Waals surface area contributed by atoms with Crippen LogP contribution >= 0.6 is 39.3 Å². The molecule has 0 radical (unpaired) electrons. The fourth-order valence-corrected chi connectivity index (χ4v) is 4.33. The molecule has 28 heavy (non-hydrogen) atoms. The Bertz CT molecular complexity index is 818. The monoisotopic (exact) mass is 482 g/mol. The molecule has 0 aliphatic heterocycles. The molecule has 0 bridgehead atoms. The van der Waals surface area contributed by atoms with Crippen LogP contribution in [0.15, 0.2) is 53.0 Å². The summed E-state index contributed by atoms with van der Waals surface area (Å²) in [6, 6.07) is 14.8. The maximum absolute atomic E-state index is 12.9. The number of carbonyl (C=O) groups excluding carboxylic acids is 2. The Labute approximate surface area is 184 Å².